The third-order valence-corrected chi connectivity index (χ3v) is 3.06. The molecule has 1 unspecified atom stereocenters. The summed E-state index contributed by atoms with van der Waals surface area (Å²) in [5.41, 5.74) is 12.8. The smallest absolute Gasteiger partial charge is 0.226 e. The molecule has 4 N–H and O–H groups in total. The summed E-state index contributed by atoms with van der Waals surface area (Å²) in [7, 11) is 1.63. The SMILES string of the molecule is COc1ccc(N2C=Cn3c(N)nnc3C2N)cc1. The van der Waals surface area contributed by atoms with Crippen LogP contribution in [0.5, 0.6) is 5.75 Å². The van der Waals surface area contributed by atoms with Crippen molar-refractivity contribution in [2.24, 2.45) is 5.73 Å². The molecule has 1 aliphatic heterocycles. The average molecular weight is 258 g/mol. The van der Waals surface area contributed by atoms with Gasteiger partial charge in [0.05, 0.1) is 7.11 Å². The number of aromatic nitrogens is 3. The van der Waals surface area contributed by atoms with E-state index in [0.29, 0.717) is 11.8 Å². The highest BCUT2D eigenvalue weighted by Crippen LogP contribution is 2.29. The number of nitrogens with zero attached hydrogens (tertiary/aromatic N) is 4. The zero-order chi connectivity index (χ0) is 13.4. The number of nitrogens with two attached hydrogens (primary N) is 2. The number of nitrogen functional groups attached to an aromatic ring is 1. The van der Waals surface area contributed by atoms with Crippen LogP contribution < -0.4 is 21.1 Å². The number of methoxy groups -OCH3 is 1. The molecule has 0 saturated heterocycles. The Labute approximate surface area is 110 Å². The fourth-order valence-electron chi connectivity index (χ4n) is 2.03. The number of ether oxygens (including phenoxy) is 1. The van der Waals surface area contributed by atoms with Gasteiger partial charge in [-0.2, -0.15) is 0 Å². The van der Waals surface area contributed by atoms with Crippen LogP contribution in [0.4, 0.5) is 11.6 Å². The van der Waals surface area contributed by atoms with Crippen molar-refractivity contribution in [3.05, 3.63) is 36.3 Å². The number of anilines is 2. The van der Waals surface area contributed by atoms with E-state index in [4.69, 9.17) is 16.2 Å². The van der Waals surface area contributed by atoms with Gasteiger partial charge in [-0.15, -0.1) is 10.2 Å². The Morgan fingerprint density at radius 3 is 2.58 bits per heavy atom. The molecule has 2 heterocycles. The van der Waals surface area contributed by atoms with Gasteiger partial charge in [-0.05, 0) is 24.3 Å². The van der Waals surface area contributed by atoms with E-state index in [1.807, 2.05) is 35.4 Å². The monoisotopic (exact) mass is 258 g/mol. The van der Waals surface area contributed by atoms with Gasteiger partial charge in [0, 0.05) is 18.1 Å². The molecule has 0 radical (unpaired) electrons. The first-order valence-electron chi connectivity index (χ1n) is 5.77. The molecule has 0 aliphatic carbocycles. The van der Waals surface area contributed by atoms with Crippen LogP contribution in [-0.2, 0) is 0 Å². The van der Waals surface area contributed by atoms with E-state index in [1.165, 1.54) is 0 Å². The van der Waals surface area contributed by atoms with Crippen molar-refractivity contribution in [2.45, 2.75) is 6.17 Å². The largest absolute Gasteiger partial charge is 0.497 e. The predicted octanol–water partition coefficient (Wildman–Crippen LogP) is 0.775. The molecule has 0 amide bonds. The Morgan fingerprint density at radius 2 is 1.89 bits per heavy atom. The third kappa shape index (κ3) is 1.80. The minimum atomic E-state index is -0.428. The van der Waals surface area contributed by atoms with E-state index >= 15 is 0 Å². The summed E-state index contributed by atoms with van der Waals surface area (Å²) >= 11 is 0. The van der Waals surface area contributed by atoms with Crippen LogP contribution in [0.2, 0.25) is 0 Å². The molecule has 0 saturated carbocycles. The minimum absolute atomic E-state index is 0.330. The lowest BCUT2D eigenvalue weighted by molar-refractivity contribution is 0.415. The molecular formula is C12H14N6O. The molecule has 19 heavy (non-hydrogen) atoms. The number of rotatable bonds is 2. The molecule has 1 aliphatic rings. The normalized spacial score (nSPS) is 17.4. The van der Waals surface area contributed by atoms with Crippen molar-refractivity contribution < 1.29 is 4.74 Å². The van der Waals surface area contributed by atoms with Crippen LogP contribution >= 0.6 is 0 Å². The van der Waals surface area contributed by atoms with Crippen molar-refractivity contribution >= 4 is 17.8 Å². The maximum atomic E-state index is 6.17. The lowest BCUT2D eigenvalue weighted by Crippen LogP contribution is -2.34. The topological polar surface area (TPSA) is 95.2 Å². The fourth-order valence-corrected chi connectivity index (χ4v) is 2.03. The van der Waals surface area contributed by atoms with Crippen molar-refractivity contribution in [1.29, 1.82) is 0 Å². The summed E-state index contributed by atoms with van der Waals surface area (Å²) in [6.45, 7) is 0. The van der Waals surface area contributed by atoms with E-state index in [1.54, 1.807) is 17.9 Å². The number of benzene rings is 1. The highest BCUT2D eigenvalue weighted by atomic mass is 16.5. The molecule has 1 aromatic heterocycles. The van der Waals surface area contributed by atoms with Gasteiger partial charge in [0.25, 0.3) is 0 Å². The van der Waals surface area contributed by atoms with Crippen LogP contribution in [0.25, 0.3) is 6.20 Å². The van der Waals surface area contributed by atoms with Crippen LogP contribution in [-0.4, -0.2) is 21.9 Å². The molecule has 2 aromatic rings. The van der Waals surface area contributed by atoms with E-state index < -0.39 is 6.17 Å². The Kier molecular flexibility index (Phi) is 2.60. The summed E-state index contributed by atoms with van der Waals surface area (Å²) in [6.07, 6.45) is 3.21. The van der Waals surface area contributed by atoms with E-state index in [9.17, 15) is 0 Å². The zero-order valence-electron chi connectivity index (χ0n) is 10.4. The first kappa shape index (κ1) is 11.5. The molecule has 0 fully saturated rings. The second kappa shape index (κ2) is 4.29. The molecule has 1 aromatic carbocycles. The Bertz CT molecular complexity index is 618. The van der Waals surface area contributed by atoms with Crippen molar-refractivity contribution in [2.75, 3.05) is 17.7 Å². The van der Waals surface area contributed by atoms with Crippen LogP contribution in [0.1, 0.15) is 12.0 Å². The summed E-state index contributed by atoms with van der Waals surface area (Å²) in [6, 6.07) is 7.62. The highest BCUT2D eigenvalue weighted by molar-refractivity contribution is 5.57. The van der Waals surface area contributed by atoms with Crippen LogP contribution in [0.3, 0.4) is 0 Å². The average Bonchev–Trinajstić information content (AvgIpc) is 2.82. The van der Waals surface area contributed by atoms with E-state index in [2.05, 4.69) is 10.2 Å². The predicted molar refractivity (Wildman–Crippen MR) is 72.2 cm³/mol. The summed E-state index contributed by atoms with van der Waals surface area (Å²) in [4.78, 5) is 1.89. The van der Waals surface area contributed by atoms with Crippen LogP contribution in [0, 0.1) is 0 Å². The maximum Gasteiger partial charge on any atom is 0.226 e. The molecular weight excluding hydrogens is 244 g/mol. The highest BCUT2D eigenvalue weighted by Gasteiger charge is 2.25. The van der Waals surface area contributed by atoms with Gasteiger partial charge in [-0.3, -0.25) is 4.57 Å². The van der Waals surface area contributed by atoms with Gasteiger partial charge >= 0.3 is 0 Å². The second-order valence-corrected chi connectivity index (χ2v) is 4.13. The Balaban J connectivity index is 1.95. The van der Waals surface area contributed by atoms with Crippen molar-refractivity contribution in [1.82, 2.24) is 14.8 Å². The van der Waals surface area contributed by atoms with Crippen molar-refractivity contribution in [3.8, 4) is 5.75 Å². The van der Waals surface area contributed by atoms with E-state index in [-0.39, 0.29) is 0 Å². The summed E-state index contributed by atoms with van der Waals surface area (Å²) in [5, 5.41) is 7.81. The van der Waals surface area contributed by atoms with Gasteiger partial charge in [0.1, 0.15) is 11.9 Å². The molecule has 98 valence electrons. The van der Waals surface area contributed by atoms with Gasteiger partial charge in [0.15, 0.2) is 5.82 Å². The molecule has 7 nitrogen and oxygen atoms in total. The summed E-state index contributed by atoms with van der Waals surface area (Å²) < 4.78 is 6.80. The van der Waals surface area contributed by atoms with Gasteiger partial charge in [-0.1, -0.05) is 0 Å². The Hall–Kier alpha value is -2.54. The number of hydrogen-bond acceptors (Lipinski definition) is 6. The summed E-state index contributed by atoms with van der Waals surface area (Å²) in [5.74, 6) is 1.73. The molecule has 7 heteroatoms. The zero-order valence-corrected chi connectivity index (χ0v) is 10.4. The number of hydrogen-bond donors (Lipinski definition) is 2. The maximum absolute atomic E-state index is 6.17. The number of fused-ring (bicyclic) bond motifs is 1. The fraction of sp³-hybridized carbons (Fsp3) is 0.167. The van der Waals surface area contributed by atoms with E-state index in [0.717, 1.165) is 11.4 Å². The second-order valence-electron chi connectivity index (χ2n) is 4.13. The molecule has 3 rings (SSSR count). The standard InChI is InChI=1S/C12H14N6O/c1-19-9-4-2-8(3-5-9)17-6-7-18-11(10(17)13)15-16-12(18)14/h2-7,10H,13H2,1H3,(H2,14,16). The van der Waals surface area contributed by atoms with Gasteiger partial charge in [0.2, 0.25) is 5.95 Å². The molecule has 0 bridgehead atoms. The molecule has 0 spiro atoms. The third-order valence-electron chi connectivity index (χ3n) is 3.06. The lowest BCUT2D eigenvalue weighted by atomic mass is 10.2. The quantitative estimate of drug-likeness (QED) is 0.826. The molecule has 1 atom stereocenters. The van der Waals surface area contributed by atoms with Gasteiger partial charge in [-0.25, -0.2) is 0 Å². The first-order chi connectivity index (χ1) is 9.20. The minimum Gasteiger partial charge on any atom is -0.497 e. The van der Waals surface area contributed by atoms with Gasteiger partial charge < -0.3 is 21.1 Å². The Morgan fingerprint density at radius 1 is 1.16 bits per heavy atom. The first-order valence-corrected chi connectivity index (χ1v) is 5.77. The van der Waals surface area contributed by atoms with Crippen molar-refractivity contribution in [3.63, 3.8) is 0 Å². The van der Waals surface area contributed by atoms with Crippen LogP contribution in [0.15, 0.2) is 30.5 Å². The lowest BCUT2D eigenvalue weighted by Gasteiger charge is -2.29.